The molecule has 0 spiro atoms. The predicted octanol–water partition coefficient (Wildman–Crippen LogP) is 0.636. The predicted molar refractivity (Wildman–Crippen MR) is 70.5 cm³/mol. The van der Waals surface area contributed by atoms with E-state index in [-0.39, 0.29) is 5.56 Å². The molecule has 2 rings (SSSR count). The first-order chi connectivity index (χ1) is 8.16. The summed E-state index contributed by atoms with van der Waals surface area (Å²) in [5.41, 5.74) is 0.734. The highest BCUT2D eigenvalue weighted by Gasteiger charge is 2.04. The lowest BCUT2D eigenvalue weighted by molar-refractivity contribution is 0.399. The zero-order valence-corrected chi connectivity index (χ0v) is 10.8. The second-order valence-corrected chi connectivity index (χ2v) is 5.04. The first-order valence-corrected chi connectivity index (χ1v) is 6.36. The maximum atomic E-state index is 11.7. The summed E-state index contributed by atoms with van der Waals surface area (Å²) < 4.78 is 0.696. The Kier molecular flexibility index (Phi) is 3.88. The Morgan fingerprint density at radius 3 is 3.12 bits per heavy atom. The molecule has 0 bridgehead atoms. The van der Waals surface area contributed by atoms with Crippen molar-refractivity contribution in [1.82, 2.24) is 20.2 Å². The summed E-state index contributed by atoms with van der Waals surface area (Å²) in [6, 6.07) is 1.87. The molecule has 0 aliphatic rings. The van der Waals surface area contributed by atoms with E-state index in [9.17, 15) is 4.79 Å². The third kappa shape index (κ3) is 3.12. The van der Waals surface area contributed by atoms with Crippen molar-refractivity contribution in [3.63, 3.8) is 0 Å². The van der Waals surface area contributed by atoms with Crippen LogP contribution in [0.2, 0.25) is 0 Å². The molecule has 0 fully saturated rings. The molecule has 0 saturated heterocycles. The van der Waals surface area contributed by atoms with Crippen molar-refractivity contribution in [3.8, 4) is 0 Å². The fraction of sp³-hybridized carbons (Fsp3) is 0.455. The monoisotopic (exact) mass is 252 g/mol. The van der Waals surface area contributed by atoms with Crippen LogP contribution < -0.4 is 10.9 Å². The summed E-state index contributed by atoms with van der Waals surface area (Å²) in [6.07, 6.45) is 0. The molecule has 6 heteroatoms. The van der Waals surface area contributed by atoms with E-state index < -0.39 is 0 Å². The Balaban J connectivity index is 2.01. The van der Waals surface area contributed by atoms with Crippen LogP contribution in [0.25, 0.3) is 10.2 Å². The van der Waals surface area contributed by atoms with E-state index in [1.807, 2.05) is 25.5 Å². The Bertz CT molecular complexity index is 546. The van der Waals surface area contributed by atoms with Gasteiger partial charge in [-0.25, -0.2) is 4.98 Å². The Morgan fingerprint density at radius 1 is 1.53 bits per heavy atom. The van der Waals surface area contributed by atoms with Gasteiger partial charge in [0, 0.05) is 13.1 Å². The number of hydrogen-bond acceptors (Lipinski definition) is 5. The van der Waals surface area contributed by atoms with Gasteiger partial charge in [0.15, 0.2) is 0 Å². The zero-order chi connectivity index (χ0) is 12.3. The van der Waals surface area contributed by atoms with Crippen LogP contribution >= 0.6 is 11.3 Å². The summed E-state index contributed by atoms with van der Waals surface area (Å²) in [4.78, 5) is 21.0. The Morgan fingerprint density at radius 2 is 2.35 bits per heavy atom. The fourth-order valence-electron chi connectivity index (χ4n) is 1.51. The van der Waals surface area contributed by atoms with Crippen LogP contribution in [-0.4, -0.2) is 42.1 Å². The summed E-state index contributed by atoms with van der Waals surface area (Å²) in [5, 5.41) is 5.13. The molecule has 0 aromatic carbocycles. The van der Waals surface area contributed by atoms with Crippen LogP contribution in [0.3, 0.4) is 0 Å². The smallest absolute Gasteiger partial charge is 0.268 e. The quantitative estimate of drug-likeness (QED) is 0.767. The number of likely N-dealkylation sites (N-methyl/N-ethyl adjacent to an activating group) is 1. The maximum Gasteiger partial charge on any atom is 0.268 e. The number of aromatic amines is 1. The fourth-order valence-corrected chi connectivity index (χ4v) is 2.24. The molecule has 2 aromatic rings. The van der Waals surface area contributed by atoms with Gasteiger partial charge in [0.1, 0.15) is 10.5 Å². The summed E-state index contributed by atoms with van der Waals surface area (Å²) >= 11 is 1.42. The third-order valence-corrected chi connectivity index (χ3v) is 3.29. The molecule has 92 valence electrons. The summed E-state index contributed by atoms with van der Waals surface area (Å²) in [5.74, 6) is 0.694. The normalized spacial score (nSPS) is 11.5. The van der Waals surface area contributed by atoms with Crippen molar-refractivity contribution in [2.45, 2.75) is 6.54 Å². The van der Waals surface area contributed by atoms with Crippen molar-refractivity contribution >= 4 is 21.6 Å². The first kappa shape index (κ1) is 12.2. The molecule has 0 atom stereocenters. The van der Waals surface area contributed by atoms with Crippen molar-refractivity contribution < 1.29 is 0 Å². The van der Waals surface area contributed by atoms with Crippen molar-refractivity contribution in [3.05, 3.63) is 27.6 Å². The van der Waals surface area contributed by atoms with Gasteiger partial charge in [-0.3, -0.25) is 4.79 Å². The van der Waals surface area contributed by atoms with Gasteiger partial charge in [-0.1, -0.05) is 0 Å². The highest BCUT2D eigenvalue weighted by Crippen LogP contribution is 2.13. The molecule has 17 heavy (non-hydrogen) atoms. The van der Waals surface area contributed by atoms with E-state index in [1.165, 1.54) is 11.3 Å². The average Bonchev–Trinajstić information content (AvgIpc) is 2.72. The number of thiophene rings is 1. The van der Waals surface area contributed by atoms with Crippen LogP contribution in [0.15, 0.2) is 16.2 Å². The third-order valence-electron chi connectivity index (χ3n) is 2.39. The molecule has 0 saturated carbocycles. The molecular weight excluding hydrogens is 236 g/mol. The van der Waals surface area contributed by atoms with E-state index in [0.29, 0.717) is 17.1 Å². The second-order valence-electron chi connectivity index (χ2n) is 4.13. The molecule has 0 aliphatic carbocycles. The highest BCUT2D eigenvalue weighted by atomic mass is 32.1. The minimum absolute atomic E-state index is 0.0468. The Hall–Kier alpha value is -1.24. The van der Waals surface area contributed by atoms with Crippen molar-refractivity contribution in [2.75, 3.05) is 27.2 Å². The minimum atomic E-state index is -0.0468. The number of hydrogen-bond donors (Lipinski definition) is 2. The summed E-state index contributed by atoms with van der Waals surface area (Å²) in [7, 11) is 4.05. The van der Waals surface area contributed by atoms with Gasteiger partial charge >= 0.3 is 0 Å². The average molecular weight is 252 g/mol. The van der Waals surface area contributed by atoms with Crippen LogP contribution in [0.4, 0.5) is 0 Å². The van der Waals surface area contributed by atoms with Gasteiger partial charge in [-0.05, 0) is 25.5 Å². The van der Waals surface area contributed by atoms with Crippen LogP contribution in [-0.2, 0) is 6.54 Å². The van der Waals surface area contributed by atoms with E-state index >= 15 is 0 Å². The van der Waals surface area contributed by atoms with Crippen LogP contribution in [0, 0.1) is 0 Å². The molecule has 5 nitrogen and oxygen atoms in total. The van der Waals surface area contributed by atoms with Gasteiger partial charge < -0.3 is 15.2 Å². The molecular formula is C11H16N4OS. The molecule has 2 aromatic heterocycles. The topological polar surface area (TPSA) is 61.0 Å². The number of rotatable bonds is 5. The van der Waals surface area contributed by atoms with Crippen molar-refractivity contribution in [2.24, 2.45) is 0 Å². The number of fused-ring (bicyclic) bond motifs is 1. The van der Waals surface area contributed by atoms with Gasteiger partial charge in [0.2, 0.25) is 0 Å². The standard InChI is InChI=1S/C11H16N4OS/c1-15(2)5-4-12-7-9-13-8-3-6-17-10(8)11(16)14-9/h3,6,12H,4-5,7H2,1-2H3,(H,13,14,16). The maximum absolute atomic E-state index is 11.7. The summed E-state index contributed by atoms with van der Waals surface area (Å²) in [6.45, 7) is 2.43. The van der Waals surface area contributed by atoms with Gasteiger partial charge in [-0.2, -0.15) is 0 Å². The minimum Gasteiger partial charge on any atom is -0.309 e. The SMILES string of the molecule is CN(C)CCNCc1nc2ccsc2c(=O)[nH]1. The number of nitrogens with one attached hydrogen (secondary N) is 2. The molecule has 0 aliphatic heterocycles. The lowest BCUT2D eigenvalue weighted by atomic mass is 10.4. The van der Waals surface area contributed by atoms with Gasteiger partial charge in [0.25, 0.3) is 5.56 Å². The first-order valence-electron chi connectivity index (χ1n) is 5.48. The van der Waals surface area contributed by atoms with Gasteiger partial charge in [0.05, 0.1) is 12.1 Å². The molecule has 2 N–H and O–H groups in total. The zero-order valence-electron chi connectivity index (χ0n) is 9.99. The van der Waals surface area contributed by atoms with E-state index in [1.54, 1.807) is 0 Å². The lowest BCUT2D eigenvalue weighted by Crippen LogP contribution is -2.27. The number of nitrogens with zero attached hydrogens (tertiary/aromatic N) is 2. The van der Waals surface area contributed by atoms with Gasteiger partial charge in [-0.15, -0.1) is 11.3 Å². The van der Waals surface area contributed by atoms with Crippen LogP contribution in [0.1, 0.15) is 5.82 Å². The molecule has 0 unspecified atom stereocenters. The number of H-pyrrole nitrogens is 1. The van der Waals surface area contributed by atoms with E-state index in [2.05, 4.69) is 20.2 Å². The largest absolute Gasteiger partial charge is 0.309 e. The van der Waals surface area contributed by atoms with Crippen LogP contribution in [0.5, 0.6) is 0 Å². The number of aromatic nitrogens is 2. The second kappa shape index (κ2) is 5.39. The van der Waals surface area contributed by atoms with E-state index in [4.69, 9.17) is 0 Å². The van der Waals surface area contributed by atoms with E-state index in [0.717, 1.165) is 18.6 Å². The molecule has 0 radical (unpaired) electrons. The molecule has 0 amide bonds. The lowest BCUT2D eigenvalue weighted by Gasteiger charge is -2.09. The van der Waals surface area contributed by atoms with Crippen molar-refractivity contribution in [1.29, 1.82) is 0 Å². The molecule has 2 heterocycles. The highest BCUT2D eigenvalue weighted by molar-refractivity contribution is 7.17. The Labute approximate surface area is 103 Å².